The van der Waals surface area contributed by atoms with Crippen LogP contribution < -0.4 is 0 Å². The average Bonchev–Trinajstić information content (AvgIpc) is 2.17. The van der Waals surface area contributed by atoms with Gasteiger partial charge in [-0.15, -0.1) is 0 Å². The lowest BCUT2D eigenvalue weighted by Crippen LogP contribution is -2.38. The molecule has 1 fully saturated rings. The molecule has 0 radical (unpaired) electrons. The zero-order chi connectivity index (χ0) is 10.4. The van der Waals surface area contributed by atoms with Crippen molar-refractivity contribution in [1.82, 2.24) is 9.80 Å². The van der Waals surface area contributed by atoms with Crippen molar-refractivity contribution in [2.75, 3.05) is 33.7 Å². The van der Waals surface area contributed by atoms with Gasteiger partial charge in [0, 0.05) is 12.6 Å². The molecule has 0 aliphatic carbocycles. The standard InChI is InChI=1S/C11H21N3/c1-13(10-7-12)9-6-11-5-3-4-8-14(11)2/h11H,3-6,8-10H2,1-2H3. The monoisotopic (exact) mass is 195 g/mol. The van der Waals surface area contributed by atoms with Crippen molar-refractivity contribution in [3.05, 3.63) is 0 Å². The van der Waals surface area contributed by atoms with Crippen molar-refractivity contribution in [1.29, 1.82) is 5.26 Å². The van der Waals surface area contributed by atoms with Crippen molar-refractivity contribution in [3.8, 4) is 6.07 Å². The molecule has 0 aromatic carbocycles. The van der Waals surface area contributed by atoms with Crippen LogP contribution in [0.1, 0.15) is 25.7 Å². The highest BCUT2D eigenvalue weighted by Crippen LogP contribution is 2.17. The molecule has 1 aliphatic rings. The molecular weight excluding hydrogens is 174 g/mol. The number of likely N-dealkylation sites (tertiary alicyclic amines) is 1. The molecule has 0 amide bonds. The first kappa shape index (κ1) is 11.5. The summed E-state index contributed by atoms with van der Waals surface area (Å²) in [5, 5.41) is 8.52. The Hall–Kier alpha value is -0.590. The maximum atomic E-state index is 8.52. The third kappa shape index (κ3) is 3.65. The van der Waals surface area contributed by atoms with Crippen LogP contribution in [0.15, 0.2) is 0 Å². The SMILES string of the molecule is CN(CC#N)CCC1CCCCN1C. The molecule has 0 aromatic rings. The largest absolute Gasteiger partial charge is 0.303 e. The lowest BCUT2D eigenvalue weighted by atomic mass is 10.00. The van der Waals surface area contributed by atoms with Crippen LogP contribution in [0.3, 0.4) is 0 Å². The van der Waals surface area contributed by atoms with E-state index in [4.69, 9.17) is 5.26 Å². The highest BCUT2D eigenvalue weighted by Gasteiger charge is 2.18. The fraction of sp³-hybridized carbons (Fsp3) is 0.909. The predicted octanol–water partition coefficient (Wildman–Crippen LogP) is 1.32. The first-order valence-corrected chi connectivity index (χ1v) is 5.49. The summed E-state index contributed by atoms with van der Waals surface area (Å²) in [5.74, 6) is 0. The van der Waals surface area contributed by atoms with E-state index in [1.54, 1.807) is 0 Å². The highest BCUT2D eigenvalue weighted by atomic mass is 15.1. The quantitative estimate of drug-likeness (QED) is 0.634. The minimum atomic E-state index is 0.552. The van der Waals surface area contributed by atoms with Crippen LogP contribution in [0.4, 0.5) is 0 Å². The van der Waals surface area contributed by atoms with Crippen molar-refractivity contribution in [3.63, 3.8) is 0 Å². The van der Waals surface area contributed by atoms with E-state index in [-0.39, 0.29) is 0 Å². The predicted molar refractivity (Wildman–Crippen MR) is 58.0 cm³/mol. The molecule has 0 N–H and O–H groups in total. The van der Waals surface area contributed by atoms with Gasteiger partial charge in [0.2, 0.25) is 0 Å². The average molecular weight is 195 g/mol. The van der Waals surface area contributed by atoms with E-state index in [1.165, 1.54) is 32.2 Å². The third-order valence-corrected chi connectivity index (χ3v) is 3.11. The summed E-state index contributed by atoms with van der Waals surface area (Å²) in [6, 6.07) is 2.92. The van der Waals surface area contributed by atoms with Gasteiger partial charge in [0.25, 0.3) is 0 Å². The second-order valence-corrected chi connectivity index (χ2v) is 4.31. The van der Waals surface area contributed by atoms with Crippen LogP contribution in [-0.4, -0.2) is 49.6 Å². The van der Waals surface area contributed by atoms with Crippen LogP contribution in [0, 0.1) is 11.3 Å². The van der Waals surface area contributed by atoms with Gasteiger partial charge in [0.15, 0.2) is 0 Å². The normalized spacial score (nSPS) is 23.7. The van der Waals surface area contributed by atoms with Crippen LogP contribution in [0.2, 0.25) is 0 Å². The van der Waals surface area contributed by atoms with E-state index in [0.717, 1.165) is 12.6 Å². The molecule has 1 rings (SSSR count). The molecule has 1 atom stereocenters. The minimum Gasteiger partial charge on any atom is -0.303 e. The molecule has 1 heterocycles. The second-order valence-electron chi connectivity index (χ2n) is 4.31. The fourth-order valence-corrected chi connectivity index (χ4v) is 2.08. The molecule has 1 aliphatic heterocycles. The molecule has 0 spiro atoms. The van der Waals surface area contributed by atoms with Gasteiger partial charge >= 0.3 is 0 Å². The van der Waals surface area contributed by atoms with E-state index in [2.05, 4.69) is 22.9 Å². The number of hydrogen-bond donors (Lipinski definition) is 0. The zero-order valence-corrected chi connectivity index (χ0v) is 9.37. The molecule has 14 heavy (non-hydrogen) atoms. The van der Waals surface area contributed by atoms with E-state index < -0.39 is 0 Å². The topological polar surface area (TPSA) is 30.3 Å². The van der Waals surface area contributed by atoms with Crippen molar-refractivity contribution in [2.24, 2.45) is 0 Å². The summed E-state index contributed by atoms with van der Waals surface area (Å²) >= 11 is 0. The van der Waals surface area contributed by atoms with Gasteiger partial charge in [-0.25, -0.2) is 0 Å². The Labute approximate surface area is 87.3 Å². The van der Waals surface area contributed by atoms with E-state index in [9.17, 15) is 0 Å². The lowest BCUT2D eigenvalue weighted by Gasteiger charge is -2.33. The molecule has 0 bridgehead atoms. The Balaban J connectivity index is 2.19. The molecule has 0 aromatic heterocycles. The molecule has 3 nitrogen and oxygen atoms in total. The Morgan fingerprint density at radius 3 is 2.93 bits per heavy atom. The molecular formula is C11H21N3. The number of piperidine rings is 1. The van der Waals surface area contributed by atoms with Gasteiger partial charge in [-0.3, -0.25) is 4.90 Å². The number of hydrogen-bond acceptors (Lipinski definition) is 3. The number of nitriles is 1. The summed E-state index contributed by atoms with van der Waals surface area (Å²) in [6.07, 6.45) is 5.25. The smallest absolute Gasteiger partial charge is 0.0863 e. The first-order valence-electron chi connectivity index (χ1n) is 5.49. The van der Waals surface area contributed by atoms with Gasteiger partial charge in [0.1, 0.15) is 0 Å². The number of nitrogens with zero attached hydrogens (tertiary/aromatic N) is 3. The third-order valence-electron chi connectivity index (χ3n) is 3.11. The summed E-state index contributed by atoms with van der Waals surface area (Å²) in [6.45, 7) is 2.84. The van der Waals surface area contributed by atoms with E-state index >= 15 is 0 Å². The summed E-state index contributed by atoms with van der Waals surface area (Å²) < 4.78 is 0. The van der Waals surface area contributed by atoms with Crippen molar-refractivity contribution < 1.29 is 0 Å². The molecule has 3 heteroatoms. The minimum absolute atomic E-state index is 0.552. The second kappa shape index (κ2) is 6.00. The molecule has 0 saturated carbocycles. The maximum Gasteiger partial charge on any atom is 0.0863 e. The fourth-order valence-electron chi connectivity index (χ4n) is 2.08. The molecule has 1 unspecified atom stereocenters. The van der Waals surface area contributed by atoms with Crippen LogP contribution >= 0.6 is 0 Å². The van der Waals surface area contributed by atoms with Crippen molar-refractivity contribution >= 4 is 0 Å². The summed E-state index contributed by atoms with van der Waals surface area (Å²) in [7, 11) is 4.24. The van der Waals surface area contributed by atoms with Gasteiger partial charge in [-0.05, 0) is 39.9 Å². The van der Waals surface area contributed by atoms with Crippen LogP contribution in [-0.2, 0) is 0 Å². The van der Waals surface area contributed by atoms with Gasteiger partial charge in [-0.2, -0.15) is 5.26 Å². The van der Waals surface area contributed by atoms with Gasteiger partial charge in [0.05, 0.1) is 12.6 Å². The first-order chi connectivity index (χ1) is 6.74. The van der Waals surface area contributed by atoms with Crippen LogP contribution in [0.5, 0.6) is 0 Å². The van der Waals surface area contributed by atoms with Crippen LogP contribution in [0.25, 0.3) is 0 Å². The Morgan fingerprint density at radius 1 is 1.50 bits per heavy atom. The van der Waals surface area contributed by atoms with E-state index in [0.29, 0.717) is 6.54 Å². The van der Waals surface area contributed by atoms with E-state index in [1.807, 2.05) is 7.05 Å². The molecule has 1 saturated heterocycles. The Morgan fingerprint density at radius 2 is 2.29 bits per heavy atom. The lowest BCUT2D eigenvalue weighted by molar-refractivity contribution is 0.163. The highest BCUT2D eigenvalue weighted by molar-refractivity contribution is 4.78. The van der Waals surface area contributed by atoms with Gasteiger partial charge in [-0.1, -0.05) is 6.42 Å². The molecule has 80 valence electrons. The summed E-state index contributed by atoms with van der Waals surface area (Å²) in [5.41, 5.74) is 0. The Bertz CT molecular complexity index is 197. The Kier molecular flexibility index (Phi) is 4.92. The number of rotatable bonds is 4. The maximum absolute atomic E-state index is 8.52. The summed E-state index contributed by atoms with van der Waals surface area (Å²) in [4.78, 5) is 4.56. The zero-order valence-electron chi connectivity index (χ0n) is 9.37. The van der Waals surface area contributed by atoms with Crippen molar-refractivity contribution in [2.45, 2.75) is 31.7 Å². The van der Waals surface area contributed by atoms with Gasteiger partial charge < -0.3 is 4.90 Å².